The molecule has 1 aliphatic rings. The van der Waals surface area contributed by atoms with Gasteiger partial charge in [-0.05, 0) is 13.5 Å². The minimum Gasteiger partial charge on any atom is -0.281 e. The molecule has 0 saturated carbocycles. The van der Waals surface area contributed by atoms with Crippen molar-refractivity contribution in [2.45, 2.75) is 19.6 Å². The van der Waals surface area contributed by atoms with Gasteiger partial charge in [0.05, 0.1) is 6.67 Å². The van der Waals surface area contributed by atoms with Gasteiger partial charge < -0.3 is 0 Å². The Balaban J connectivity index is 2.30. The molecular formula is C5H12N2O. The summed E-state index contributed by atoms with van der Waals surface area (Å²) in [5.74, 6) is 0. The molecule has 1 heterocycles. The van der Waals surface area contributed by atoms with Gasteiger partial charge in [-0.3, -0.25) is 9.74 Å². The molecule has 1 N–H and O–H groups in total. The van der Waals surface area contributed by atoms with E-state index < -0.39 is 0 Å². The van der Waals surface area contributed by atoms with Gasteiger partial charge in [-0.15, -0.1) is 0 Å². The quantitative estimate of drug-likeness (QED) is 0.527. The number of hydrogen-bond donors (Lipinski definition) is 1. The highest BCUT2D eigenvalue weighted by Gasteiger charge is 2.18. The van der Waals surface area contributed by atoms with Crippen LogP contribution in [0.2, 0.25) is 0 Å². The highest BCUT2D eigenvalue weighted by molar-refractivity contribution is 4.57. The van der Waals surface area contributed by atoms with E-state index in [0.29, 0.717) is 0 Å². The van der Waals surface area contributed by atoms with Crippen LogP contribution in [0.25, 0.3) is 0 Å². The Kier molecular flexibility index (Phi) is 1.83. The van der Waals surface area contributed by atoms with Crippen LogP contribution >= 0.6 is 0 Å². The highest BCUT2D eigenvalue weighted by atomic mass is 16.7. The molecule has 0 aromatic heterocycles. The molecule has 0 bridgehead atoms. The maximum Gasteiger partial charge on any atom is 0.132 e. The van der Waals surface area contributed by atoms with E-state index in [2.05, 4.69) is 17.3 Å². The van der Waals surface area contributed by atoms with Gasteiger partial charge in [0.1, 0.15) is 6.23 Å². The lowest BCUT2D eigenvalue weighted by atomic mass is 10.4. The molecule has 1 aliphatic heterocycles. The summed E-state index contributed by atoms with van der Waals surface area (Å²) < 4.78 is 0. The first-order valence-corrected chi connectivity index (χ1v) is 2.93. The third-order valence-electron chi connectivity index (χ3n) is 1.37. The van der Waals surface area contributed by atoms with Crippen molar-refractivity contribution >= 4 is 0 Å². The molecule has 0 aliphatic carbocycles. The number of nitrogens with one attached hydrogen (secondary N) is 1. The van der Waals surface area contributed by atoms with Crippen molar-refractivity contribution in [3.63, 3.8) is 0 Å². The van der Waals surface area contributed by atoms with Crippen LogP contribution in [-0.4, -0.2) is 24.8 Å². The first-order chi connectivity index (χ1) is 3.84. The third kappa shape index (κ3) is 0.992. The number of nitrogens with zero attached hydrogens (tertiary/aromatic N) is 1. The summed E-state index contributed by atoms with van der Waals surface area (Å²) in [6.45, 7) is 2.95. The average Bonchev–Trinajstić information content (AvgIpc) is 2.14. The molecule has 1 atom stereocenters. The Labute approximate surface area is 49.6 Å². The standard InChI is InChI=1S/C5H12N2O/c1-3-5-7(2)4-6-8-5/h5-6H,3-4H2,1-2H3. The van der Waals surface area contributed by atoms with Crippen LogP contribution in [0.4, 0.5) is 0 Å². The van der Waals surface area contributed by atoms with E-state index in [1.807, 2.05) is 7.05 Å². The molecule has 0 aromatic rings. The van der Waals surface area contributed by atoms with E-state index >= 15 is 0 Å². The van der Waals surface area contributed by atoms with E-state index in [4.69, 9.17) is 4.84 Å². The summed E-state index contributed by atoms with van der Waals surface area (Å²) in [7, 11) is 2.04. The molecule has 3 heteroatoms. The highest BCUT2D eigenvalue weighted by Crippen LogP contribution is 2.04. The maximum atomic E-state index is 5.09. The molecule has 0 amide bonds. The first kappa shape index (κ1) is 6.01. The summed E-state index contributed by atoms with van der Waals surface area (Å²) in [6, 6.07) is 0. The molecule has 1 fully saturated rings. The van der Waals surface area contributed by atoms with Gasteiger partial charge >= 0.3 is 0 Å². The van der Waals surface area contributed by atoms with Gasteiger partial charge in [-0.25, -0.2) is 0 Å². The zero-order valence-electron chi connectivity index (χ0n) is 5.35. The smallest absolute Gasteiger partial charge is 0.132 e. The normalized spacial score (nSPS) is 31.5. The van der Waals surface area contributed by atoms with Crippen molar-refractivity contribution in [2.24, 2.45) is 0 Å². The SMILES string of the molecule is CCC1ONCN1C. The van der Waals surface area contributed by atoms with Crippen molar-refractivity contribution in [1.82, 2.24) is 10.4 Å². The van der Waals surface area contributed by atoms with Crippen LogP contribution in [0.15, 0.2) is 0 Å². The Bertz CT molecular complexity index is 76.8. The second-order valence-electron chi connectivity index (χ2n) is 2.04. The van der Waals surface area contributed by atoms with Gasteiger partial charge in [0.2, 0.25) is 0 Å². The molecule has 0 aromatic carbocycles. The van der Waals surface area contributed by atoms with Crippen molar-refractivity contribution in [3.8, 4) is 0 Å². The minimum absolute atomic E-state index is 0.287. The average molecular weight is 116 g/mol. The largest absolute Gasteiger partial charge is 0.281 e. The van der Waals surface area contributed by atoms with Gasteiger partial charge in [0.25, 0.3) is 0 Å². The third-order valence-corrected chi connectivity index (χ3v) is 1.37. The van der Waals surface area contributed by atoms with Gasteiger partial charge in [-0.1, -0.05) is 6.92 Å². The minimum atomic E-state index is 0.287. The van der Waals surface area contributed by atoms with Crippen LogP contribution in [0.5, 0.6) is 0 Å². The second kappa shape index (κ2) is 2.44. The van der Waals surface area contributed by atoms with Crippen LogP contribution < -0.4 is 5.48 Å². The summed E-state index contributed by atoms with van der Waals surface area (Å²) in [5.41, 5.74) is 2.80. The van der Waals surface area contributed by atoms with E-state index in [0.717, 1.165) is 13.1 Å². The van der Waals surface area contributed by atoms with Crippen LogP contribution in [0.3, 0.4) is 0 Å². The molecule has 0 radical (unpaired) electrons. The van der Waals surface area contributed by atoms with Gasteiger partial charge in [0, 0.05) is 0 Å². The Morgan fingerprint density at radius 2 is 2.62 bits per heavy atom. The summed E-state index contributed by atoms with van der Waals surface area (Å²) >= 11 is 0. The lowest BCUT2D eigenvalue weighted by molar-refractivity contribution is -0.00430. The zero-order valence-corrected chi connectivity index (χ0v) is 5.35. The van der Waals surface area contributed by atoms with Crippen LogP contribution in [0.1, 0.15) is 13.3 Å². The molecule has 48 valence electrons. The van der Waals surface area contributed by atoms with Gasteiger partial charge in [0.15, 0.2) is 0 Å². The van der Waals surface area contributed by atoms with E-state index in [1.165, 1.54) is 0 Å². The lowest BCUT2D eigenvalue weighted by Crippen LogP contribution is -2.24. The summed E-state index contributed by atoms with van der Waals surface area (Å²) in [4.78, 5) is 7.22. The molecule has 8 heavy (non-hydrogen) atoms. The van der Waals surface area contributed by atoms with Crippen LogP contribution in [0, 0.1) is 0 Å². The fourth-order valence-corrected chi connectivity index (χ4v) is 0.822. The van der Waals surface area contributed by atoms with Crippen molar-refractivity contribution in [3.05, 3.63) is 0 Å². The van der Waals surface area contributed by atoms with E-state index in [-0.39, 0.29) is 6.23 Å². The molecule has 3 nitrogen and oxygen atoms in total. The van der Waals surface area contributed by atoms with E-state index in [1.54, 1.807) is 0 Å². The van der Waals surface area contributed by atoms with Crippen molar-refractivity contribution < 1.29 is 4.84 Å². The van der Waals surface area contributed by atoms with Crippen molar-refractivity contribution in [2.75, 3.05) is 13.7 Å². The topological polar surface area (TPSA) is 24.5 Å². The second-order valence-corrected chi connectivity index (χ2v) is 2.04. The number of hydrogen-bond acceptors (Lipinski definition) is 3. The predicted octanol–water partition coefficient (Wildman–Crippen LogP) is 0.147. The summed E-state index contributed by atoms with van der Waals surface area (Å²) in [5, 5.41) is 0. The molecule has 1 unspecified atom stereocenters. The maximum absolute atomic E-state index is 5.09. The number of rotatable bonds is 1. The molecule has 0 spiro atoms. The number of hydroxylamine groups is 1. The molecular weight excluding hydrogens is 104 g/mol. The fraction of sp³-hybridized carbons (Fsp3) is 1.00. The Hall–Kier alpha value is -0.120. The first-order valence-electron chi connectivity index (χ1n) is 2.93. The Morgan fingerprint density at radius 1 is 1.88 bits per heavy atom. The molecule has 1 saturated heterocycles. The predicted molar refractivity (Wildman–Crippen MR) is 30.9 cm³/mol. The van der Waals surface area contributed by atoms with Crippen molar-refractivity contribution in [1.29, 1.82) is 0 Å². The van der Waals surface area contributed by atoms with E-state index in [9.17, 15) is 0 Å². The van der Waals surface area contributed by atoms with Crippen LogP contribution in [-0.2, 0) is 4.84 Å². The zero-order chi connectivity index (χ0) is 5.98. The summed E-state index contributed by atoms with van der Waals surface area (Å²) in [6.07, 6.45) is 1.33. The molecule has 1 rings (SSSR count). The van der Waals surface area contributed by atoms with Gasteiger partial charge in [-0.2, -0.15) is 5.48 Å². The fourth-order valence-electron chi connectivity index (χ4n) is 0.822. The monoisotopic (exact) mass is 116 g/mol. The lowest BCUT2D eigenvalue weighted by Gasteiger charge is -2.12. The Morgan fingerprint density at radius 3 is 2.88 bits per heavy atom.